The van der Waals surface area contributed by atoms with Gasteiger partial charge in [0.15, 0.2) is 17.2 Å². The third-order valence-corrected chi connectivity index (χ3v) is 4.29. The quantitative estimate of drug-likeness (QED) is 0.410. The number of amides is 1. The van der Waals surface area contributed by atoms with Crippen molar-refractivity contribution >= 4 is 17.4 Å². The highest BCUT2D eigenvalue weighted by molar-refractivity contribution is 6.01. The Bertz CT molecular complexity index is 1070. The second-order valence-electron chi connectivity index (χ2n) is 6.23. The number of nitrogen functional groups attached to an aromatic ring is 1. The van der Waals surface area contributed by atoms with Crippen LogP contribution in [0.5, 0.6) is 11.5 Å². The third kappa shape index (κ3) is 4.06. The minimum atomic E-state index is -0.514. The second-order valence-corrected chi connectivity index (χ2v) is 6.23. The molecule has 0 radical (unpaired) electrons. The first-order valence-electron chi connectivity index (χ1n) is 9.10. The summed E-state index contributed by atoms with van der Waals surface area (Å²) in [5.41, 5.74) is 10.2. The molecular weight excluding hydrogens is 392 g/mol. The summed E-state index contributed by atoms with van der Waals surface area (Å²) < 4.78 is 16.5. The van der Waals surface area contributed by atoms with E-state index in [1.807, 2.05) is 13.0 Å². The summed E-state index contributed by atoms with van der Waals surface area (Å²) in [5.74, 6) is 0.865. The van der Waals surface area contributed by atoms with Crippen LogP contribution in [0.2, 0.25) is 0 Å². The summed E-state index contributed by atoms with van der Waals surface area (Å²) in [7, 11) is 3.11. The summed E-state index contributed by atoms with van der Waals surface area (Å²) >= 11 is 0. The predicted molar refractivity (Wildman–Crippen MR) is 107 cm³/mol. The Morgan fingerprint density at radius 2 is 2.03 bits per heavy atom. The molecule has 1 aromatic carbocycles. The molecule has 0 atom stereocenters. The number of hydrogen-bond donors (Lipinski definition) is 2. The normalized spacial score (nSPS) is 11.4. The Morgan fingerprint density at radius 3 is 2.67 bits per heavy atom. The first-order chi connectivity index (χ1) is 14.5. The molecule has 3 rings (SSSR count). The Morgan fingerprint density at radius 1 is 1.27 bits per heavy atom. The molecule has 12 heteroatoms. The molecule has 30 heavy (non-hydrogen) atoms. The average Bonchev–Trinajstić information content (AvgIpc) is 3.37. The SMILES string of the molecule is CCCc1c(C(=O)NN=C(C)c2ccc(OC)c(OC)c2)nnn1-c1nonc1N. The topological polar surface area (TPSA) is 156 Å². The van der Waals surface area contributed by atoms with E-state index in [0.717, 1.165) is 12.0 Å². The fourth-order valence-electron chi connectivity index (χ4n) is 2.76. The lowest BCUT2D eigenvalue weighted by Gasteiger charge is -2.09. The van der Waals surface area contributed by atoms with Crippen LogP contribution in [0.3, 0.4) is 0 Å². The van der Waals surface area contributed by atoms with Gasteiger partial charge in [-0.2, -0.15) is 9.78 Å². The number of ether oxygens (including phenoxy) is 2. The van der Waals surface area contributed by atoms with Crippen LogP contribution in [-0.4, -0.2) is 51.1 Å². The Labute approximate surface area is 172 Å². The number of nitrogens with two attached hydrogens (primary N) is 1. The largest absolute Gasteiger partial charge is 0.493 e. The smallest absolute Gasteiger partial charge is 0.293 e. The van der Waals surface area contributed by atoms with E-state index in [0.29, 0.717) is 29.3 Å². The molecule has 2 aromatic heterocycles. The number of hydrogen-bond acceptors (Lipinski definition) is 10. The molecule has 2 heterocycles. The molecule has 0 saturated carbocycles. The molecule has 12 nitrogen and oxygen atoms in total. The van der Waals surface area contributed by atoms with Gasteiger partial charge in [-0.05, 0) is 41.9 Å². The summed E-state index contributed by atoms with van der Waals surface area (Å²) in [6.45, 7) is 3.72. The Kier molecular flexibility index (Phi) is 6.25. The number of anilines is 1. The maximum absolute atomic E-state index is 12.7. The van der Waals surface area contributed by atoms with E-state index in [1.54, 1.807) is 33.3 Å². The van der Waals surface area contributed by atoms with Crippen LogP contribution in [-0.2, 0) is 6.42 Å². The van der Waals surface area contributed by atoms with Crippen LogP contribution < -0.4 is 20.6 Å². The predicted octanol–water partition coefficient (Wildman–Crippen LogP) is 1.36. The highest BCUT2D eigenvalue weighted by atomic mass is 16.6. The van der Waals surface area contributed by atoms with Crippen molar-refractivity contribution in [2.24, 2.45) is 5.10 Å². The number of benzene rings is 1. The maximum atomic E-state index is 12.7. The van der Waals surface area contributed by atoms with Gasteiger partial charge in [-0.15, -0.1) is 5.10 Å². The fraction of sp³-hybridized carbons (Fsp3) is 0.333. The average molecular weight is 414 g/mol. The van der Waals surface area contributed by atoms with E-state index in [1.165, 1.54) is 4.68 Å². The zero-order chi connectivity index (χ0) is 21.7. The van der Waals surface area contributed by atoms with E-state index in [2.05, 4.69) is 35.8 Å². The molecule has 0 aliphatic carbocycles. The number of hydrazone groups is 1. The van der Waals surface area contributed by atoms with Gasteiger partial charge >= 0.3 is 0 Å². The number of nitrogens with zero attached hydrogens (tertiary/aromatic N) is 6. The van der Waals surface area contributed by atoms with Crippen LogP contribution in [0.15, 0.2) is 27.9 Å². The lowest BCUT2D eigenvalue weighted by Crippen LogP contribution is -2.21. The van der Waals surface area contributed by atoms with E-state index in [9.17, 15) is 4.79 Å². The molecule has 158 valence electrons. The molecule has 0 aliphatic rings. The van der Waals surface area contributed by atoms with Crippen molar-refractivity contribution in [1.82, 2.24) is 30.7 Å². The minimum Gasteiger partial charge on any atom is -0.493 e. The molecule has 0 aliphatic heterocycles. The van der Waals surface area contributed by atoms with E-state index in [-0.39, 0.29) is 17.3 Å². The van der Waals surface area contributed by atoms with E-state index in [4.69, 9.17) is 15.2 Å². The third-order valence-electron chi connectivity index (χ3n) is 4.29. The number of carbonyl (C=O) groups excluding carboxylic acids is 1. The lowest BCUT2D eigenvalue weighted by atomic mass is 10.1. The summed E-state index contributed by atoms with van der Waals surface area (Å²) in [5, 5.41) is 19.3. The molecule has 0 bridgehead atoms. The van der Waals surface area contributed by atoms with Crippen LogP contribution in [0.4, 0.5) is 5.82 Å². The summed E-state index contributed by atoms with van der Waals surface area (Å²) in [6.07, 6.45) is 1.26. The summed E-state index contributed by atoms with van der Waals surface area (Å²) in [4.78, 5) is 12.7. The number of carbonyl (C=O) groups is 1. The molecular formula is C18H22N8O4. The summed E-state index contributed by atoms with van der Waals surface area (Å²) in [6, 6.07) is 5.34. The fourth-order valence-corrected chi connectivity index (χ4v) is 2.76. The van der Waals surface area contributed by atoms with Crippen LogP contribution in [0, 0.1) is 0 Å². The van der Waals surface area contributed by atoms with Gasteiger partial charge in [0, 0.05) is 5.56 Å². The maximum Gasteiger partial charge on any atom is 0.293 e. The van der Waals surface area contributed by atoms with E-state index < -0.39 is 5.91 Å². The number of rotatable bonds is 8. The van der Waals surface area contributed by atoms with Gasteiger partial charge in [-0.25, -0.2) is 10.1 Å². The van der Waals surface area contributed by atoms with Gasteiger partial charge in [0.25, 0.3) is 5.91 Å². The number of aromatic nitrogens is 5. The first kappa shape index (κ1) is 20.8. The zero-order valence-corrected chi connectivity index (χ0v) is 17.0. The van der Waals surface area contributed by atoms with Crippen LogP contribution >= 0.6 is 0 Å². The van der Waals surface area contributed by atoms with E-state index >= 15 is 0 Å². The van der Waals surface area contributed by atoms with Crippen LogP contribution in [0.25, 0.3) is 5.82 Å². The van der Waals surface area contributed by atoms with Crippen LogP contribution in [0.1, 0.15) is 42.0 Å². The van der Waals surface area contributed by atoms with Gasteiger partial charge in [-0.1, -0.05) is 18.6 Å². The van der Waals surface area contributed by atoms with Gasteiger partial charge in [0.05, 0.1) is 25.6 Å². The Balaban J connectivity index is 1.84. The van der Waals surface area contributed by atoms with Gasteiger partial charge in [0.1, 0.15) is 0 Å². The molecule has 0 spiro atoms. The first-order valence-corrected chi connectivity index (χ1v) is 9.10. The van der Waals surface area contributed by atoms with Gasteiger partial charge in [0.2, 0.25) is 11.6 Å². The van der Waals surface area contributed by atoms with Crippen molar-refractivity contribution in [3.8, 4) is 17.3 Å². The monoisotopic (exact) mass is 414 g/mol. The van der Waals surface area contributed by atoms with Gasteiger partial charge < -0.3 is 15.2 Å². The molecule has 3 aromatic rings. The number of nitrogens with one attached hydrogen (secondary N) is 1. The molecule has 0 fully saturated rings. The van der Waals surface area contributed by atoms with Crippen molar-refractivity contribution in [2.75, 3.05) is 20.0 Å². The van der Waals surface area contributed by atoms with Crippen molar-refractivity contribution < 1.29 is 18.9 Å². The lowest BCUT2D eigenvalue weighted by molar-refractivity contribution is 0.0948. The zero-order valence-electron chi connectivity index (χ0n) is 17.0. The Hall–Kier alpha value is -3.96. The van der Waals surface area contributed by atoms with Crippen molar-refractivity contribution in [2.45, 2.75) is 26.7 Å². The van der Waals surface area contributed by atoms with Crippen molar-refractivity contribution in [1.29, 1.82) is 0 Å². The molecule has 1 amide bonds. The number of methoxy groups -OCH3 is 2. The molecule has 0 unspecified atom stereocenters. The highest BCUT2D eigenvalue weighted by Crippen LogP contribution is 2.27. The standard InChI is InChI=1S/C18H22N8O4/c1-5-6-12-15(21-25-26(12)17-16(19)23-30-24-17)18(27)22-20-10(2)11-7-8-13(28-3)14(9-11)29-4/h7-9H,5-6H2,1-4H3,(H2,19,23)(H,22,27). The van der Waals surface area contributed by atoms with Crippen molar-refractivity contribution in [3.63, 3.8) is 0 Å². The minimum absolute atomic E-state index is 0.0477. The van der Waals surface area contributed by atoms with Crippen molar-refractivity contribution in [3.05, 3.63) is 35.2 Å². The molecule has 3 N–H and O–H groups in total. The second kappa shape index (κ2) is 9.03. The van der Waals surface area contributed by atoms with Gasteiger partial charge in [-0.3, -0.25) is 4.79 Å². The highest BCUT2D eigenvalue weighted by Gasteiger charge is 2.23. The molecule has 0 saturated heterocycles.